The highest BCUT2D eigenvalue weighted by molar-refractivity contribution is 7.34. The van der Waals surface area contributed by atoms with E-state index in [-0.39, 0.29) is 14.2 Å². The average Bonchev–Trinajstić information content (AvgIpc) is 2.71. The minimum absolute atomic E-state index is 0.0586. The summed E-state index contributed by atoms with van der Waals surface area (Å²) >= 11 is 0. The lowest BCUT2D eigenvalue weighted by atomic mass is 9.89. The van der Waals surface area contributed by atoms with Gasteiger partial charge in [-0.25, -0.2) is 0 Å². The molecular formula is C24H24O2P. The van der Waals surface area contributed by atoms with Crippen molar-refractivity contribution in [1.29, 1.82) is 0 Å². The number of rotatable bonds is 5. The summed E-state index contributed by atoms with van der Waals surface area (Å²) in [6.07, 6.45) is 9.99. The molecule has 2 nitrogen and oxygen atoms in total. The highest BCUT2D eigenvalue weighted by Gasteiger charge is 2.22. The average molecular weight is 375 g/mol. The summed E-state index contributed by atoms with van der Waals surface area (Å²) in [5, 5.41) is 0.612. The van der Waals surface area contributed by atoms with Gasteiger partial charge in [-0.2, -0.15) is 0 Å². The van der Waals surface area contributed by atoms with Gasteiger partial charge in [0.1, 0.15) is 0 Å². The standard InChI is InChI=1S/C24H24O2P/c1-5-19-21(18-9-7-6-8-10-18)13-14-22(24(19)27-26)23(25)20-12-11-15(2)16(3)17(20)4/h6-7,9-14H,5,8H2,1-4H3. The lowest BCUT2D eigenvalue weighted by molar-refractivity contribution is 0.103. The van der Waals surface area contributed by atoms with E-state index in [0.29, 0.717) is 16.4 Å². The van der Waals surface area contributed by atoms with Crippen molar-refractivity contribution >= 4 is 25.1 Å². The molecule has 0 heterocycles. The first-order valence-electron chi connectivity index (χ1n) is 9.30. The smallest absolute Gasteiger partial charge is 0.194 e. The lowest BCUT2D eigenvalue weighted by Gasteiger charge is -2.17. The zero-order valence-corrected chi connectivity index (χ0v) is 17.2. The molecule has 137 valence electrons. The van der Waals surface area contributed by atoms with Crippen molar-refractivity contribution in [3.63, 3.8) is 0 Å². The molecule has 0 saturated heterocycles. The van der Waals surface area contributed by atoms with Crippen LogP contribution >= 0.6 is 8.46 Å². The lowest BCUT2D eigenvalue weighted by Crippen LogP contribution is -2.18. The van der Waals surface area contributed by atoms with E-state index in [1.165, 1.54) is 5.56 Å². The molecule has 0 fully saturated rings. The van der Waals surface area contributed by atoms with Gasteiger partial charge >= 0.3 is 0 Å². The number of carbonyl (C=O) groups excluding carboxylic acids is 1. The number of hydrogen-bond acceptors (Lipinski definition) is 2. The minimum Gasteiger partial charge on any atom is -0.289 e. The molecule has 0 N–H and O–H groups in total. The Labute approximate surface area is 163 Å². The van der Waals surface area contributed by atoms with Crippen LogP contribution in [-0.4, -0.2) is 5.78 Å². The molecule has 0 saturated carbocycles. The van der Waals surface area contributed by atoms with Crippen molar-refractivity contribution in [2.45, 2.75) is 40.5 Å². The van der Waals surface area contributed by atoms with E-state index in [9.17, 15) is 9.36 Å². The number of benzene rings is 2. The maximum absolute atomic E-state index is 13.3. The SMILES string of the molecule is CCc1c(C2=CC[CH]C=C2)ccc(C(=O)c2ccc(C)c(C)c2C)c1P=O. The molecule has 1 aliphatic rings. The molecule has 0 aliphatic heterocycles. The quantitative estimate of drug-likeness (QED) is 0.484. The van der Waals surface area contributed by atoms with Gasteiger partial charge in [0.05, 0.1) is 5.30 Å². The first kappa shape index (κ1) is 19.5. The molecule has 1 radical (unpaired) electrons. The molecule has 3 rings (SSSR count). The number of hydrogen-bond donors (Lipinski definition) is 0. The number of carbonyl (C=O) groups is 1. The Morgan fingerprint density at radius 3 is 2.41 bits per heavy atom. The fourth-order valence-corrected chi connectivity index (χ4v) is 4.28. The molecule has 0 amide bonds. The van der Waals surface area contributed by atoms with E-state index in [2.05, 4.69) is 18.6 Å². The first-order valence-corrected chi connectivity index (χ1v) is 10.1. The monoisotopic (exact) mass is 375 g/mol. The van der Waals surface area contributed by atoms with Crippen molar-refractivity contribution in [2.75, 3.05) is 0 Å². The van der Waals surface area contributed by atoms with Crippen LogP contribution in [0, 0.1) is 27.2 Å². The van der Waals surface area contributed by atoms with Gasteiger partial charge in [0, 0.05) is 11.1 Å². The summed E-state index contributed by atoms with van der Waals surface area (Å²) < 4.78 is 12.1. The second-order valence-electron chi connectivity index (χ2n) is 6.93. The molecule has 0 bridgehead atoms. The minimum atomic E-state index is -0.112. The second-order valence-corrected chi connectivity index (χ2v) is 7.56. The molecule has 0 aromatic heterocycles. The predicted molar refractivity (Wildman–Crippen MR) is 113 cm³/mol. The van der Waals surface area contributed by atoms with E-state index in [1.807, 2.05) is 58.0 Å². The van der Waals surface area contributed by atoms with Crippen LogP contribution in [0.15, 0.2) is 42.5 Å². The van der Waals surface area contributed by atoms with Gasteiger partial charge in [0.2, 0.25) is 0 Å². The molecule has 3 heteroatoms. The molecule has 1 aliphatic carbocycles. The predicted octanol–water partition coefficient (Wildman–Crippen LogP) is 5.87. The van der Waals surface area contributed by atoms with Crippen LogP contribution in [0.1, 0.15) is 57.1 Å². The van der Waals surface area contributed by atoms with Crippen LogP contribution in [0.2, 0.25) is 0 Å². The molecular weight excluding hydrogens is 351 g/mol. The summed E-state index contributed by atoms with van der Waals surface area (Å²) in [5.41, 5.74) is 7.68. The normalized spacial score (nSPS) is 13.7. The molecule has 0 spiro atoms. The maximum Gasteiger partial charge on any atom is 0.194 e. The topological polar surface area (TPSA) is 34.1 Å². The zero-order valence-electron chi connectivity index (χ0n) is 16.3. The van der Waals surface area contributed by atoms with Crippen molar-refractivity contribution in [3.05, 3.63) is 87.9 Å². The largest absolute Gasteiger partial charge is 0.289 e. The summed E-state index contributed by atoms with van der Waals surface area (Å²) in [7, 11) is -0.112. The van der Waals surface area contributed by atoms with Gasteiger partial charge in [-0.3, -0.25) is 9.36 Å². The van der Waals surface area contributed by atoms with E-state index >= 15 is 0 Å². The number of allylic oxidation sites excluding steroid dienone is 4. The summed E-state index contributed by atoms with van der Waals surface area (Å²) in [5.74, 6) is -0.0586. The summed E-state index contributed by atoms with van der Waals surface area (Å²) in [6.45, 7) is 8.11. The van der Waals surface area contributed by atoms with Gasteiger partial charge in [-0.15, -0.1) is 0 Å². The van der Waals surface area contributed by atoms with E-state index in [4.69, 9.17) is 0 Å². The third kappa shape index (κ3) is 3.59. The van der Waals surface area contributed by atoms with Gasteiger partial charge in [-0.1, -0.05) is 43.4 Å². The Kier molecular flexibility index (Phi) is 5.87. The maximum atomic E-state index is 13.3. The van der Waals surface area contributed by atoms with Crippen LogP contribution < -0.4 is 5.30 Å². The third-order valence-corrected chi connectivity index (χ3v) is 6.16. The Hall–Kier alpha value is -2.31. The van der Waals surface area contributed by atoms with E-state index in [1.54, 1.807) is 0 Å². The molecule has 0 unspecified atom stereocenters. The molecule has 2 aromatic rings. The van der Waals surface area contributed by atoms with Gasteiger partial charge in [-0.05, 0) is 79.5 Å². The summed E-state index contributed by atoms with van der Waals surface area (Å²) in [6, 6.07) is 7.69. The van der Waals surface area contributed by atoms with Crippen molar-refractivity contribution in [1.82, 2.24) is 0 Å². The second kappa shape index (κ2) is 8.15. The van der Waals surface area contributed by atoms with Gasteiger partial charge in [0.25, 0.3) is 0 Å². The number of ketones is 1. The van der Waals surface area contributed by atoms with E-state index in [0.717, 1.165) is 40.7 Å². The highest BCUT2D eigenvalue weighted by Crippen LogP contribution is 2.28. The number of aryl methyl sites for hydroxylation is 1. The Morgan fingerprint density at radius 1 is 1.04 bits per heavy atom. The van der Waals surface area contributed by atoms with Crippen LogP contribution in [0.25, 0.3) is 5.57 Å². The van der Waals surface area contributed by atoms with Crippen LogP contribution in [0.3, 0.4) is 0 Å². The Bertz CT molecular complexity index is 980. The zero-order chi connectivity index (χ0) is 19.6. The van der Waals surface area contributed by atoms with Crippen LogP contribution in [-0.2, 0) is 11.0 Å². The molecule has 27 heavy (non-hydrogen) atoms. The molecule has 0 atom stereocenters. The highest BCUT2D eigenvalue weighted by atomic mass is 31.1. The summed E-state index contributed by atoms with van der Waals surface area (Å²) in [4.78, 5) is 13.3. The third-order valence-electron chi connectivity index (χ3n) is 5.47. The van der Waals surface area contributed by atoms with Crippen LogP contribution in [0.5, 0.6) is 0 Å². The molecule has 2 aromatic carbocycles. The Morgan fingerprint density at radius 2 is 1.78 bits per heavy atom. The van der Waals surface area contributed by atoms with Crippen molar-refractivity contribution < 1.29 is 9.36 Å². The van der Waals surface area contributed by atoms with Gasteiger partial charge in [0.15, 0.2) is 14.2 Å². The first-order chi connectivity index (χ1) is 13.0. The van der Waals surface area contributed by atoms with E-state index < -0.39 is 0 Å². The fraction of sp³-hybridized carbons (Fsp3) is 0.250. The van der Waals surface area contributed by atoms with Crippen molar-refractivity contribution in [2.24, 2.45) is 0 Å². The fourth-order valence-electron chi connectivity index (χ4n) is 3.61. The van der Waals surface area contributed by atoms with Crippen LogP contribution in [0.4, 0.5) is 0 Å². The van der Waals surface area contributed by atoms with Gasteiger partial charge < -0.3 is 0 Å². The van der Waals surface area contributed by atoms with Crippen molar-refractivity contribution in [3.8, 4) is 0 Å². The Balaban J connectivity index is 2.15.